The Balaban J connectivity index is 1.67. The van der Waals surface area contributed by atoms with E-state index in [1.807, 2.05) is 26.0 Å². The molecular weight excluding hydrogens is 502 g/mol. The fourth-order valence-corrected chi connectivity index (χ4v) is 10.2. The zero-order valence-corrected chi connectivity index (χ0v) is 25.4. The van der Waals surface area contributed by atoms with E-state index in [-0.39, 0.29) is 63.1 Å². The largest absolute Gasteiger partial charge is 0.385 e. The lowest BCUT2D eigenvalue weighted by molar-refractivity contribution is -0.193. The van der Waals surface area contributed by atoms with Crippen molar-refractivity contribution in [1.82, 2.24) is 0 Å². The van der Waals surface area contributed by atoms with Crippen molar-refractivity contribution in [3.8, 4) is 0 Å². The van der Waals surface area contributed by atoms with Crippen LogP contribution in [0.3, 0.4) is 0 Å². The summed E-state index contributed by atoms with van der Waals surface area (Å²) in [7, 11) is 0. The molecule has 0 aliphatic heterocycles. The smallest absolute Gasteiger partial charge is 0.341 e. The highest BCUT2D eigenvalue weighted by atomic mass is 16.7. The predicted molar refractivity (Wildman–Crippen MR) is 153 cm³/mol. The first kappa shape index (κ1) is 28.8. The second-order valence-electron chi connectivity index (χ2n) is 15.5. The number of oxime groups is 1. The van der Waals surface area contributed by atoms with Gasteiger partial charge in [0.1, 0.15) is 5.84 Å². The van der Waals surface area contributed by atoms with Gasteiger partial charge in [-0.15, -0.1) is 0 Å². The second kappa shape index (κ2) is 8.63. The predicted octanol–water partition coefficient (Wildman–Crippen LogP) is 6.39. The first-order valence-electron chi connectivity index (χ1n) is 14.8. The van der Waals surface area contributed by atoms with E-state index in [9.17, 15) is 14.4 Å². The summed E-state index contributed by atoms with van der Waals surface area (Å²) >= 11 is 0. The number of ketones is 2. The molecule has 7 nitrogen and oxygen atoms in total. The van der Waals surface area contributed by atoms with Crippen molar-refractivity contribution >= 4 is 23.4 Å². The summed E-state index contributed by atoms with van der Waals surface area (Å²) < 4.78 is 0. The Morgan fingerprint density at radius 3 is 2.33 bits per heavy atom. The van der Waals surface area contributed by atoms with Crippen molar-refractivity contribution in [3.63, 3.8) is 0 Å². The van der Waals surface area contributed by atoms with Crippen LogP contribution in [0.2, 0.25) is 0 Å². The summed E-state index contributed by atoms with van der Waals surface area (Å²) in [6.07, 6.45) is 9.13. The minimum absolute atomic E-state index is 0.00438. The van der Waals surface area contributed by atoms with Crippen LogP contribution in [0.15, 0.2) is 28.6 Å². The maximum Gasteiger partial charge on any atom is 0.341 e. The van der Waals surface area contributed by atoms with Crippen molar-refractivity contribution < 1.29 is 19.2 Å². The summed E-state index contributed by atoms with van der Waals surface area (Å²) in [6, 6.07) is 0. The number of Topliss-reactive ketones (excluding diaryl/α,β-unsaturated/α-hetero) is 1. The molecule has 0 heterocycles. The van der Waals surface area contributed by atoms with Gasteiger partial charge in [0.2, 0.25) is 5.70 Å². The molecule has 0 radical (unpaired) electrons. The molecule has 0 amide bonds. The van der Waals surface area contributed by atoms with Gasteiger partial charge in [0.05, 0.1) is 12.0 Å². The minimum atomic E-state index is -0.770. The molecule has 3 saturated carbocycles. The van der Waals surface area contributed by atoms with Crippen LogP contribution in [0.25, 0.3) is 4.85 Å². The van der Waals surface area contributed by atoms with Crippen molar-refractivity contribution in [3.05, 3.63) is 34.8 Å². The van der Waals surface area contributed by atoms with Crippen LogP contribution in [-0.2, 0) is 19.2 Å². The quantitative estimate of drug-likeness (QED) is 0.142. The molecule has 40 heavy (non-hydrogen) atoms. The van der Waals surface area contributed by atoms with Gasteiger partial charge in [-0.3, -0.25) is 4.79 Å². The summed E-state index contributed by atoms with van der Waals surface area (Å²) in [6.45, 7) is 24.4. The molecule has 0 bridgehead atoms. The average molecular weight is 548 g/mol. The van der Waals surface area contributed by atoms with Gasteiger partial charge >= 0.3 is 5.97 Å². The standard InChI is InChI=1S/C33H45N3O4/c1-19(34)36-40-27(39)33-14-12-28(2,3)17-20(33)25-22(37)16-24-30(6)18-21(35-9)26(38)29(4,5)23(30)10-11-31(24,7)32(25,8)13-15-33/h16,18,20,23,25H,10-15,17H2,1-8H3,(H2,34,36)/t20-,23-,25-,30-,31+,32+,33-/m0/s1. The molecule has 216 valence electrons. The lowest BCUT2D eigenvalue weighted by atomic mass is 9.34. The zero-order valence-electron chi connectivity index (χ0n) is 25.4. The number of carbonyl (C=O) groups is 3. The molecule has 0 spiro atoms. The number of hydrogen-bond acceptors (Lipinski definition) is 5. The lowest BCUT2D eigenvalue weighted by Crippen LogP contribution is -2.65. The molecule has 0 saturated heterocycles. The van der Waals surface area contributed by atoms with Crippen LogP contribution in [-0.4, -0.2) is 23.4 Å². The first-order chi connectivity index (χ1) is 18.4. The highest BCUT2D eigenvalue weighted by molar-refractivity contribution is 6.03. The van der Waals surface area contributed by atoms with E-state index < -0.39 is 16.2 Å². The molecule has 5 rings (SSSR count). The number of fused-ring (bicyclic) bond motifs is 7. The maximum atomic E-state index is 14.5. The van der Waals surface area contributed by atoms with E-state index in [0.29, 0.717) is 12.8 Å². The normalized spacial score (nSPS) is 43.6. The Morgan fingerprint density at radius 1 is 1.05 bits per heavy atom. The van der Waals surface area contributed by atoms with E-state index in [2.05, 4.69) is 44.6 Å². The lowest BCUT2D eigenvalue weighted by Gasteiger charge is -2.68. The molecule has 5 aliphatic rings. The van der Waals surface area contributed by atoms with Gasteiger partial charge < -0.3 is 15.4 Å². The monoisotopic (exact) mass is 547 g/mol. The van der Waals surface area contributed by atoms with Gasteiger partial charge in [-0.2, -0.15) is 0 Å². The Labute approximate surface area is 238 Å². The molecular formula is C33H45N3O4. The number of carbonyl (C=O) groups excluding carboxylic acids is 3. The number of allylic oxidation sites excluding steroid dienone is 4. The highest BCUT2D eigenvalue weighted by Crippen LogP contribution is 2.74. The number of nitrogens with two attached hydrogens (primary N) is 1. The minimum Gasteiger partial charge on any atom is -0.385 e. The molecule has 0 aromatic rings. The first-order valence-corrected chi connectivity index (χ1v) is 14.8. The van der Waals surface area contributed by atoms with Crippen LogP contribution in [0.4, 0.5) is 0 Å². The van der Waals surface area contributed by atoms with Crippen molar-refractivity contribution in [2.45, 2.75) is 100 Å². The number of amidine groups is 1. The van der Waals surface area contributed by atoms with Crippen molar-refractivity contribution in [2.75, 3.05) is 0 Å². The average Bonchev–Trinajstić information content (AvgIpc) is 2.86. The summed E-state index contributed by atoms with van der Waals surface area (Å²) in [5.74, 6) is -0.675. The van der Waals surface area contributed by atoms with Crippen molar-refractivity contribution in [1.29, 1.82) is 0 Å². The van der Waals surface area contributed by atoms with Gasteiger partial charge in [-0.1, -0.05) is 65.3 Å². The molecule has 2 N–H and O–H groups in total. The summed E-state index contributed by atoms with van der Waals surface area (Å²) in [4.78, 5) is 50.6. The third-order valence-corrected chi connectivity index (χ3v) is 12.5. The van der Waals surface area contributed by atoms with Gasteiger partial charge in [-0.05, 0) is 86.0 Å². The zero-order chi connectivity index (χ0) is 29.7. The van der Waals surface area contributed by atoms with E-state index in [1.54, 1.807) is 6.92 Å². The SMILES string of the molecule is [C-]#[N+]C1=C[C@]2(C)C3=CC(=O)[C@@H]4[C@@H]5CC(C)(C)CC[C@]5(C(=O)O/N=C(/C)N)CC[C@@]4(C)[C@]3(C)CC[C@H]2C(C)(C)C1=O. The molecule has 5 aliphatic carbocycles. The Bertz CT molecular complexity index is 1330. The molecule has 0 aromatic heterocycles. The molecule has 7 heteroatoms. The van der Waals surface area contributed by atoms with Crippen LogP contribution in [0.1, 0.15) is 100 Å². The highest BCUT2D eigenvalue weighted by Gasteiger charge is 2.71. The third-order valence-electron chi connectivity index (χ3n) is 12.5. The molecule has 3 fully saturated rings. The maximum absolute atomic E-state index is 14.5. The van der Waals surface area contributed by atoms with Gasteiger partial charge in [-0.25, -0.2) is 9.64 Å². The van der Waals surface area contributed by atoms with E-state index in [0.717, 1.165) is 37.7 Å². The van der Waals surface area contributed by atoms with E-state index >= 15 is 0 Å². The summed E-state index contributed by atoms with van der Waals surface area (Å²) in [5.41, 5.74) is 4.22. The van der Waals surface area contributed by atoms with Crippen LogP contribution in [0, 0.1) is 56.8 Å². The van der Waals surface area contributed by atoms with E-state index in [1.165, 1.54) is 0 Å². The Hall–Kier alpha value is -2.75. The molecule has 0 aromatic carbocycles. The van der Waals surface area contributed by atoms with Gasteiger partial charge in [0.15, 0.2) is 11.6 Å². The topological polar surface area (TPSA) is 103 Å². The number of hydrogen-bond donors (Lipinski definition) is 1. The Morgan fingerprint density at radius 2 is 1.70 bits per heavy atom. The van der Waals surface area contributed by atoms with Crippen LogP contribution >= 0.6 is 0 Å². The fourth-order valence-electron chi connectivity index (χ4n) is 10.2. The molecule has 0 unspecified atom stereocenters. The fraction of sp³-hybridized carbons (Fsp3) is 0.727. The molecule has 7 atom stereocenters. The second-order valence-corrected chi connectivity index (χ2v) is 15.5. The Kier molecular flexibility index (Phi) is 6.21. The summed E-state index contributed by atoms with van der Waals surface area (Å²) in [5, 5.41) is 3.82. The van der Waals surface area contributed by atoms with Crippen LogP contribution < -0.4 is 5.73 Å². The number of nitrogens with zero attached hydrogens (tertiary/aromatic N) is 2. The third kappa shape index (κ3) is 3.59. The van der Waals surface area contributed by atoms with Crippen molar-refractivity contribution in [2.24, 2.45) is 61.1 Å². The van der Waals surface area contributed by atoms with E-state index in [4.69, 9.17) is 17.1 Å². The van der Waals surface area contributed by atoms with Gasteiger partial charge in [0, 0.05) is 16.7 Å². The van der Waals surface area contributed by atoms with Crippen LogP contribution in [0.5, 0.6) is 0 Å². The van der Waals surface area contributed by atoms with Gasteiger partial charge in [0.25, 0.3) is 0 Å². The number of rotatable bonds is 2.